The molecule has 3 heterocycles. The van der Waals surface area contributed by atoms with Crippen LogP contribution in [0, 0.1) is 0 Å². The molecule has 2 saturated heterocycles. The topological polar surface area (TPSA) is 104 Å². The Hall–Kier alpha value is -4.09. The number of benzene rings is 1. The first kappa shape index (κ1) is 27.5. The van der Waals surface area contributed by atoms with Crippen molar-refractivity contribution in [1.82, 2.24) is 20.2 Å². The van der Waals surface area contributed by atoms with Crippen LogP contribution in [0.1, 0.15) is 6.42 Å². The molecule has 0 bridgehead atoms. The molecule has 2 fully saturated rings. The summed E-state index contributed by atoms with van der Waals surface area (Å²) in [4.78, 5) is 27.9. The SMILES string of the molecule is C=CC(=O)NC1C=CC(Oc2nc(Nc3ccc(N4CCN(C)CC4)cc3OC)ncc2N2CCOCC2)=CC1. The lowest BCUT2D eigenvalue weighted by atomic mass is 10.1. The van der Waals surface area contributed by atoms with Crippen LogP contribution in [0.15, 0.2) is 61.0 Å². The number of carbonyl (C=O) groups is 1. The smallest absolute Gasteiger partial charge is 0.248 e. The van der Waals surface area contributed by atoms with Gasteiger partial charge in [-0.25, -0.2) is 4.98 Å². The number of likely N-dealkylation sites (N-methyl/N-ethyl adjacent to an activating group) is 1. The molecule has 0 spiro atoms. The number of morpholine rings is 1. The van der Waals surface area contributed by atoms with Gasteiger partial charge in [0.1, 0.15) is 17.2 Å². The number of amides is 1. The number of anilines is 4. The zero-order chi connectivity index (χ0) is 27.9. The van der Waals surface area contributed by atoms with Crippen molar-refractivity contribution in [2.75, 3.05) is 81.8 Å². The second-order valence-corrected chi connectivity index (χ2v) is 9.91. The van der Waals surface area contributed by atoms with Gasteiger partial charge in [-0.1, -0.05) is 12.7 Å². The Balaban J connectivity index is 1.35. The number of hydrogen-bond acceptors (Lipinski definition) is 10. The largest absolute Gasteiger partial charge is 0.494 e. The first-order chi connectivity index (χ1) is 19.5. The standard InChI is InChI=1S/C29H37N7O4/c1-4-27(37)31-21-5-8-23(9-6-21)40-28-25(36-15-17-39-18-16-36)20-30-29(33-28)32-24-10-7-22(19-26(24)38-3)35-13-11-34(2)12-14-35/h4-5,7-10,19-21H,1,6,11-18H2,2-3H3,(H,31,37)(H,30,32,33). The Morgan fingerprint density at radius 3 is 2.65 bits per heavy atom. The fraction of sp³-hybridized carbons (Fsp3) is 0.414. The monoisotopic (exact) mass is 547 g/mol. The quantitative estimate of drug-likeness (QED) is 0.456. The van der Waals surface area contributed by atoms with Crippen LogP contribution in [0.5, 0.6) is 11.6 Å². The molecule has 11 heteroatoms. The van der Waals surface area contributed by atoms with Gasteiger partial charge in [0.05, 0.1) is 38.2 Å². The van der Waals surface area contributed by atoms with Gasteiger partial charge in [-0.3, -0.25) is 4.79 Å². The van der Waals surface area contributed by atoms with Gasteiger partial charge in [0.25, 0.3) is 0 Å². The summed E-state index contributed by atoms with van der Waals surface area (Å²) in [5, 5.41) is 6.18. The van der Waals surface area contributed by atoms with Gasteiger partial charge in [-0.2, -0.15) is 4.98 Å². The van der Waals surface area contributed by atoms with E-state index in [-0.39, 0.29) is 11.9 Å². The number of piperazine rings is 1. The first-order valence-electron chi connectivity index (χ1n) is 13.6. The van der Waals surface area contributed by atoms with Gasteiger partial charge >= 0.3 is 0 Å². The number of rotatable bonds is 9. The zero-order valence-corrected chi connectivity index (χ0v) is 23.1. The Morgan fingerprint density at radius 1 is 1.15 bits per heavy atom. The van der Waals surface area contributed by atoms with Crippen LogP contribution in [0.3, 0.4) is 0 Å². The molecular formula is C29H37N7O4. The summed E-state index contributed by atoms with van der Waals surface area (Å²) >= 11 is 0. The molecule has 5 rings (SSSR count). The molecule has 3 aliphatic rings. The maximum absolute atomic E-state index is 11.6. The lowest BCUT2D eigenvalue weighted by Crippen LogP contribution is -2.44. The number of methoxy groups -OCH3 is 1. The minimum Gasteiger partial charge on any atom is -0.494 e. The Morgan fingerprint density at radius 2 is 1.95 bits per heavy atom. The van der Waals surface area contributed by atoms with E-state index in [1.807, 2.05) is 30.4 Å². The number of allylic oxidation sites excluding steroid dienone is 1. The normalized spacial score (nSPS) is 19.6. The first-order valence-corrected chi connectivity index (χ1v) is 13.6. The van der Waals surface area contributed by atoms with Crippen LogP contribution in [0.4, 0.5) is 23.0 Å². The highest BCUT2D eigenvalue weighted by Gasteiger charge is 2.21. The van der Waals surface area contributed by atoms with Gasteiger partial charge < -0.3 is 39.5 Å². The highest BCUT2D eigenvalue weighted by Crippen LogP contribution is 2.34. The minimum atomic E-state index is -0.208. The van der Waals surface area contributed by atoms with Crippen molar-refractivity contribution in [3.05, 3.63) is 61.0 Å². The fourth-order valence-corrected chi connectivity index (χ4v) is 4.82. The molecule has 1 amide bonds. The van der Waals surface area contributed by atoms with Gasteiger partial charge in [0.2, 0.25) is 17.7 Å². The third kappa shape index (κ3) is 6.72. The van der Waals surface area contributed by atoms with E-state index in [1.165, 1.54) is 6.08 Å². The van der Waals surface area contributed by atoms with Crippen molar-refractivity contribution in [3.8, 4) is 11.6 Å². The van der Waals surface area contributed by atoms with E-state index >= 15 is 0 Å². The Kier molecular flexibility index (Phi) is 8.82. The molecule has 1 aromatic heterocycles. The third-order valence-corrected chi connectivity index (χ3v) is 7.18. The summed E-state index contributed by atoms with van der Waals surface area (Å²) < 4.78 is 17.5. The van der Waals surface area contributed by atoms with Crippen molar-refractivity contribution >= 4 is 28.9 Å². The average Bonchev–Trinajstić information content (AvgIpc) is 2.99. The van der Waals surface area contributed by atoms with E-state index < -0.39 is 0 Å². The number of hydrogen-bond donors (Lipinski definition) is 2. The predicted molar refractivity (Wildman–Crippen MR) is 156 cm³/mol. The van der Waals surface area contributed by atoms with Gasteiger partial charge in [-0.15, -0.1) is 0 Å². The minimum absolute atomic E-state index is 0.111. The van der Waals surface area contributed by atoms with Crippen molar-refractivity contribution in [2.45, 2.75) is 12.5 Å². The number of nitrogens with zero attached hydrogens (tertiary/aromatic N) is 5. The Bertz CT molecular complexity index is 1270. The molecule has 1 atom stereocenters. The van der Waals surface area contributed by atoms with Gasteiger partial charge in [-0.05, 0) is 43.8 Å². The van der Waals surface area contributed by atoms with Crippen molar-refractivity contribution in [3.63, 3.8) is 0 Å². The highest BCUT2D eigenvalue weighted by molar-refractivity contribution is 5.87. The van der Waals surface area contributed by atoms with Gasteiger partial charge in [0.15, 0.2) is 0 Å². The summed E-state index contributed by atoms with van der Waals surface area (Å²) in [7, 11) is 3.81. The van der Waals surface area contributed by atoms with Crippen LogP contribution < -0.4 is 29.9 Å². The van der Waals surface area contributed by atoms with E-state index in [0.29, 0.717) is 43.0 Å². The third-order valence-electron chi connectivity index (χ3n) is 7.18. The maximum Gasteiger partial charge on any atom is 0.248 e. The van der Waals surface area contributed by atoms with E-state index in [4.69, 9.17) is 19.2 Å². The Labute approximate surface area is 235 Å². The molecule has 212 valence electrons. The molecule has 40 heavy (non-hydrogen) atoms. The lowest BCUT2D eigenvalue weighted by molar-refractivity contribution is -0.116. The molecule has 1 unspecified atom stereocenters. The molecule has 2 aromatic rings. The summed E-state index contributed by atoms with van der Waals surface area (Å²) in [5.41, 5.74) is 2.69. The number of ether oxygens (including phenoxy) is 3. The van der Waals surface area contributed by atoms with Crippen molar-refractivity contribution in [2.24, 2.45) is 0 Å². The molecule has 0 saturated carbocycles. The number of nitrogens with one attached hydrogen (secondary N) is 2. The predicted octanol–water partition coefficient (Wildman–Crippen LogP) is 2.71. The molecule has 1 aromatic carbocycles. The number of carbonyl (C=O) groups excluding carboxylic acids is 1. The number of aromatic nitrogens is 2. The molecule has 0 radical (unpaired) electrons. The van der Waals surface area contributed by atoms with E-state index in [2.05, 4.69) is 50.0 Å². The maximum atomic E-state index is 11.6. The summed E-state index contributed by atoms with van der Waals surface area (Å²) in [6, 6.07) is 6.03. The van der Waals surface area contributed by atoms with Gasteiger partial charge in [0, 0.05) is 51.0 Å². The van der Waals surface area contributed by atoms with Crippen LogP contribution in [0.2, 0.25) is 0 Å². The average molecular weight is 548 g/mol. The van der Waals surface area contributed by atoms with E-state index in [0.717, 1.165) is 56.3 Å². The summed E-state index contributed by atoms with van der Waals surface area (Å²) in [6.45, 7) is 10.2. The summed E-state index contributed by atoms with van der Waals surface area (Å²) in [5.74, 6) is 1.99. The van der Waals surface area contributed by atoms with E-state index in [9.17, 15) is 4.79 Å². The second kappa shape index (κ2) is 12.8. The van der Waals surface area contributed by atoms with Crippen LogP contribution in [0.25, 0.3) is 0 Å². The molecule has 2 N–H and O–H groups in total. The summed E-state index contributed by atoms with van der Waals surface area (Å²) in [6.07, 6.45) is 9.33. The van der Waals surface area contributed by atoms with Crippen molar-refractivity contribution in [1.29, 1.82) is 0 Å². The molecule has 11 nitrogen and oxygen atoms in total. The lowest BCUT2D eigenvalue weighted by Gasteiger charge is -2.34. The fourth-order valence-electron chi connectivity index (χ4n) is 4.82. The molecule has 2 aliphatic heterocycles. The molecule has 1 aliphatic carbocycles. The van der Waals surface area contributed by atoms with Crippen LogP contribution in [-0.2, 0) is 9.53 Å². The second-order valence-electron chi connectivity index (χ2n) is 9.91. The van der Waals surface area contributed by atoms with Crippen molar-refractivity contribution < 1.29 is 19.0 Å². The zero-order valence-electron chi connectivity index (χ0n) is 23.1. The van der Waals surface area contributed by atoms with Crippen LogP contribution in [-0.4, -0.2) is 93.5 Å². The molecular weight excluding hydrogens is 510 g/mol. The van der Waals surface area contributed by atoms with E-state index in [1.54, 1.807) is 13.3 Å². The van der Waals surface area contributed by atoms with Crippen LogP contribution >= 0.6 is 0 Å². The highest BCUT2D eigenvalue weighted by atomic mass is 16.5.